The van der Waals surface area contributed by atoms with Gasteiger partial charge in [0.2, 0.25) is 0 Å². The summed E-state index contributed by atoms with van der Waals surface area (Å²) >= 11 is 0. The van der Waals surface area contributed by atoms with E-state index in [1.165, 1.54) is 13.2 Å². The quantitative estimate of drug-likeness (QED) is 0.763. The fraction of sp³-hybridized carbons (Fsp3) is 0.235. The zero-order valence-electron chi connectivity index (χ0n) is 14.1. The Hall–Kier alpha value is -3.16. The Morgan fingerprint density at radius 2 is 2.20 bits per heavy atom. The molecule has 2 amide bonds. The number of hydrogen-bond acceptors (Lipinski definition) is 4. The third-order valence-electron chi connectivity index (χ3n) is 3.84. The monoisotopic (exact) mass is 343 g/mol. The largest absolute Gasteiger partial charge is 0.496 e. The van der Waals surface area contributed by atoms with Crippen LogP contribution in [-0.4, -0.2) is 27.9 Å². The first kappa shape index (κ1) is 16.7. The van der Waals surface area contributed by atoms with Gasteiger partial charge < -0.3 is 15.4 Å². The maximum atomic E-state index is 13.9. The first-order chi connectivity index (χ1) is 12.0. The number of nitrogens with one attached hydrogen (secondary N) is 2. The van der Waals surface area contributed by atoms with Gasteiger partial charge in [-0.3, -0.25) is 4.68 Å². The van der Waals surface area contributed by atoms with Crippen LogP contribution in [0.15, 0.2) is 30.5 Å². The van der Waals surface area contributed by atoms with Crippen molar-refractivity contribution in [1.82, 2.24) is 20.1 Å². The van der Waals surface area contributed by atoms with E-state index >= 15 is 0 Å². The Labute approximate surface area is 143 Å². The van der Waals surface area contributed by atoms with Gasteiger partial charge in [0.15, 0.2) is 5.65 Å². The van der Waals surface area contributed by atoms with Crippen molar-refractivity contribution in [2.45, 2.75) is 13.5 Å². The van der Waals surface area contributed by atoms with Crippen LogP contribution in [0.2, 0.25) is 0 Å². The second-order valence-electron chi connectivity index (χ2n) is 5.53. The number of nitrogens with zero attached hydrogens (tertiary/aromatic N) is 3. The molecule has 25 heavy (non-hydrogen) atoms. The van der Waals surface area contributed by atoms with Crippen LogP contribution in [0.1, 0.15) is 11.3 Å². The van der Waals surface area contributed by atoms with Crippen molar-refractivity contribution < 1.29 is 13.9 Å². The minimum absolute atomic E-state index is 0.00325. The second-order valence-corrected chi connectivity index (χ2v) is 5.53. The van der Waals surface area contributed by atoms with Gasteiger partial charge >= 0.3 is 6.03 Å². The molecule has 0 aliphatic carbocycles. The van der Waals surface area contributed by atoms with E-state index in [0.29, 0.717) is 11.4 Å². The molecule has 130 valence electrons. The fourth-order valence-corrected chi connectivity index (χ4v) is 2.62. The summed E-state index contributed by atoms with van der Waals surface area (Å²) < 4.78 is 20.7. The predicted molar refractivity (Wildman–Crippen MR) is 92.1 cm³/mol. The number of anilines is 1. The number of carbonyl (C=O) groups is 1. The molecule has 1 aromatic carbocycles. The Balaban J connectivity index is 1.70. The maximum absolute atomic E-state index is 13.9. The zero-order valence-corrected chi connectivity index (χ0v) is 14.1. The molecule has 7 nitrogen and oxygen atoms in total. The topological polar surface area (TPSA) is 81.1 Å². The molecule has 0 bridgehead atoms. The first-order valence-corrected chi connectivity index (χ1v) is 7.65. The van der Waals surface area contributed by atoms with Crippen LogP contribution in [0.25, 0.3) is 11.0 Å². The van der Waals surface area contributed by atoms with Crippen LogP contribution in [0.3, 0.4) is 0 Å². The summed E-state index contributed by atoms with van der Waals surface area (Å²) in [6, 6.07) is 5.84. The number of ether oxygens (including phenoxy) is 1. The van der Waals surface area contributed by atoms with Gasteiger partial charge in [-0.25, -0.2) is 14.2 Å². The van der Waals surface area contributed by atoms with Crippen LogP contribution >= 0.6 is 0 Å². The molecule has 0 saturated heterocycles. The lowest BCUT2D eigenvalue weighted by Crippen LogP contribution is -2.28. The second kappa shape index (κ2) is 6.76. The van der Waals surface area contributed by atoms with Gasteiger partial charge in [0, 0.05) is 18.0 Å². The molecule has 2 N–H and O–H groups in total. The molecule has 3 rings (SSSR count). The lowest BCUT2D eigenvalue weighted by molar-refractivity contribution is 0.251. The summed E-state index contributed by atoms with van der Waals surface area (Å²) in [5.74, 6) is -0.0527. The summed E-state index contributed by atoms with van der Waals surface area (Å²) in [6.07, 6.45) is 1.55. The molecule has 0 spiro atoms. The average molecular weight is 343 g/mol. The summed E-state index contributed by atoms with van der Waals surface area (Å²) in [5.41, 5.74) is 2.38. The van der Waals surface area contributed by atoms with Crippen LogP contribution < -0.4 is 15.4 Å². The minimum Gasteiger partial charge on any atom is -0.496 e. The Morgan fingerprint density at radius 1 is 1.40 bits per heavy atom. The Bertz CT molecular complexity index is 938. The molecule has 0 saturated carbocycles. The highest BCUT2D eigenvalue weighted by Gasteiger charge is 2.12. The third kappa shape index (κ3) is 3.37. The molecule has 0 fully saturated rings. The summed E-state index contributed by atoms with van der Waals surface area (Å²) in [4.78, 5) is 16.4. The number of urea groups is 1. The smallest absolute Gasteiger partial charge is 0.319 e. The predicted octanol–water partition coefficient (Wildman–Crippen LogP) is 2.75. The number of halogens is 1. The molecule has 0 unspecified atom stereocenters. The van der Waals surface area contributed by atoms with E-state index in [-0.39, 0.29) is 12.1 Å². The van der Waals surface area contributed by atoms with Crippen molar-refractivity contribution in [2.24, 2.45) is 7.05 Å². The standard InChI is InChI=1S/C17H18FN5O2/c1-10-12-7-11(8-19-16(12)23(2)22-10)21-17(24)20-9-13-14(18)5-4-6-15(13)25-3/h4-8H,9H2,1-3H3,(H2,20,21,24). The Kier molecular flexibility index (Phi) is 4.51. The fourth-order valence-electron chi connectivity index (χ4n) is 2.62. The van der Waals surface area contributed by atoms with Crippen molar-refractivity contribution in [1.29, 1.82) is 0 Å². The van der Waals surface area contributed by atoms with Gasteiger partial charge in [-0.1, -0.05) is 6.07 Å². The number of pyridine rings is 1. The van der Waals surface area contributed by atoms with E-state index in [4.69, 9.17) is 4.74 Å². The highest BCUT2D eigenvalue weighted by Crippen LogP contribution is 2.21. The Morgan fingerprint density at radius 3 is 2.96 bits per heavy atom. The SMILES string of the molecule is COc1cccc(F)c1CNC(=O)Nc1cnc2c(c1)c(C)nn2C. The highest BCUT2D eigenvalue weighted by molar-refractivity contribution is 5.92. The van der Waals surface area contributed by atoms with Gasteiger partial charge in [0.25, 0.3) is 0 Å². The summed E-state index contributed by atoms with van der Waals surface area (Å²) in [7, 11) is 3.26. The molecule has 2 aromatic heterocycles. The minimum atomic E-state index is -0.465. The molecule has 0 aliphatic rings. The molecular formula is C17H18FN5O2. The molecule has 0 radical (unpaired) electrons. The number of fused-ring (bicyclic) bond motifs is 1. The lowest BCUT2D eigenvalue weighted by atomic mass is 10.2. The van der Waals surface area contributed by atoms with Crippen molar-refractivity contribution >= 4 is 22.8 Å². The zero-order chi connectivity index (χ0) is 18.0. The molecular weight excluding hydrogens is 325 g/mol. The van der Waals surface area contributed by atoms with Crippen molar-refractivity contribution in [3.8, 4) is 5.75 Å². The van der Waals surface area contributed by atoms with Crippen LogP contribution in [0.4, 0.5) is 14.9 Å². The van der Waals surface area contributed by atoms with E-state index in [1.807, 2.05) is 14.0 Å². The third-order valence-corrected chi connectivity index (χ3v) is 3.84. The van der Waals surface area contributed by atoms with Crippen molar-refractivity contribution in [2.75, 3.05) is 12.4 Å². The van der Waals surface area contributed by atoms with Crippen LogP contribution in [-0.2, 0) is 13.6 Å². The normalized spacial score (nSPS) is 10.7. The van der Waals surface area contributed by atoms with Gasteiger partial charge in [-0.2, -0.15) is 5.10 Å². The number of aryl methyl sites for hydroxylation is 2. The number of aromatic nitrogens is 3. The lowest BCUT2D eigenvalue weighted by Gasteiger charge is -2.11. The van der Waals surface area contributed by atoms with E-state index in [2.05, 4.69) is 20.7 Å². The number of hydrogen-bond donors (Lipinski definition) is 2. The van der Waals surface area contributed by atoms with Gasteiger partial charge in [-0.15, -0.1) is 0 Å². The number of benzene rings is 1. The van der Waals surface area contributed by atoms with E-state index in [1.54, 1.807) is 29.1 Å². The molecule has 8 heteroatoms. The van der Waals surface area contributed by atoms with E-state index in [0.717, 1.165) is 16.7 Å². The molecule has 2 heterocycles. The number of amides is 2. The van der Waals surface area contributed by atoms with Crippen LogP contribution in [0, 0.1) is 12.7 Å². The van der Waals surface area contributed by atoms with Gasteiger partial charge in [-0.05, 0) is 25.1 Å². The van der Waals surface area contributed by atoms with Crippen LogP contribution in [0.5, 0.6) is 5.75 Å². The number of methoxy groups -OCH3 is 1. The van der Waals surface area contributed by atoms with Gasteiger partial charge in [0.05, 0.1) is 31.2 Å². The summed E-state index contributed by atoms with van der Waals surface area (Å²) in [5, 5.41) is 10.4. The molecule has 0 atom stereocenters. The average Bonchev–Trinajstić information content (AvgIpc) is 2.87. The van der Waals surface area contributed by atoms with Crippen molar-refractivity contribution in [3.63, 3.8) is 0 Å². The van der Waals surface area contributed by atoms with Crippen molar-refractivity contribution in [3.05, 3.63) is 47.5 Å². The maximum Gasteiger partial charge on any atom is 0.319 e. The molecule has 0 aliphatic heterocycles. The summed E-state index contributed by atoms with van der Waals surface area (Å²) in [6.45, 7) is 1.88. The van der Waals surface area contributed by atoms with Gasteiger partial charge in [0.1, 0.15) is 11.6 Å². The molecule has 3 aromatic rings. The number of carbonyl (C=O) groups excluding carboxylic acids is 1. The highest BCUT2D eigenvalue weighted by atomic mass is 19.1. The first-order valence-electron chi connectivity index (χ1n) is 7.65. The van der Waals surface area contributed by atoms with E-state index < -0.39 is 11.8 Å². The van der Waals surface area contributed by atoms with E-state index in [9.17, 15) is 9.18 Å². The number of rotatable bonds is 4.